The van der Waals surface area contributed by atoms with Crippen molar-refractivity contribution in [1.82, 2.24) is 5.32 Å². The largest absolute Gasteiger partial charge is 0.463 e. The molecule has 1 aromatic carbocycles. The lowest BCUT2D eigenvalue weighted by molar-refractivity contribution is -0.147. The Bertz CT molecular complexity index is 462. The van der Waals surface area contributed by atoms with Crippen molar-refractivity contribution in [2.24, 2.45) is 0 Å². The minimum absolute atomic E-state index is 0.109. The van der Waals surface area contributed by atoms with E-state index in [-0.39, 0.29) is 36.8 Å². The van der Waals surface area contributed by atoms with E-state index in [0.717, 1.165) is 4.90 Å². The molecule has 6 heteroatoms. The van der Waals surface area contributed by atoms with Crippen molar-refractivity contribution in [1.29, 1.82) is 0 Å². The maximum Gasteiger partial charge on any atom is 0.307 e. The molecule has 0 aliphatic heterocycles. The molecular formula is C15H20FNO3S. The third-order valence-electron chi connectivity index (χ3n) is 2.43. The van der Waals surface area contributed by atoms with Crippen LogP contribution in [0.3, 0.4) is 0 Å². The monoisotopic (exact) mass is 313 g/mol. The summed E-state index contributed by atoms with van der Waals surface area (Å²) in [4.78, 5) is 23.7. The predicted octanol–water partition coefficient (Wildman–Crippen LogP) is 2.77. The van der Waals surface area contributed by atoms with Crippen LogP contribution in [0.5, 0.6) is 0 Å². The molecule has 1 amide bonds. The number of rotatable bonds is 8. The zero-order valence-corrected chi connectivity index (χ0v) is 13.0. The number of carbonyl (C=O) groups is 2. The summed E-state index contributed by atoms with van der Waals surface area (Å²) in [6.45, 7) is 3.85. The van der Waals surface area contributed by atoms with Crippen LogP contribution in [0.15, 0.2) is 29.2 Å². The van der Waals surface area contributed by atoms with E-state index < -0.39 is 0 Å². The summed E-state index contributed by atoms with van der Waals surface area (Å²) >= 11 is 1.49. The van der Waals surface area contributed by atoms with Gasteiger partial charge in [0, 0.05) is 23.6 Å². The predicted molar refractivity (Wildman–Crippen MR) is 80.6 cm³/mol. The first-order valence-electron chi connectivity index (χ1n) is 6.82. The highest BCUT2D eigenvalue weighted by atomic mass is 32.2. The Morgan fingerprint density at radius 2 is 1.90 bits per heavy atom. The van der Waals surface area contributed by atoms with Crippen molar-refractivity contribution in [3.05, 3.63) is 30.1 Å². The van der Waals surface area contributed by atoms with Gasteiger partial charge in [-0.15, -0.1) is 11.8 Å². The van der Waals surface area contributed by atoms with Crippen molar-refractivity contribution in [3.63, 3.8) is 0 Å². The third-order valence-corrected chi connectivity index (χ3v) is 3.44. The smallest absolute Gasteiger partial charge is 0.307 e. The Morgan fingerprint density at radius 3 is 2.52 bits per heavy atom. The fraction of sp³-hybridized carbons (Fsp3) is 0.467. The SMILES string of the molecule is CC(C)OC(=O)CCNC(=O)CCSc1ccc(F)cc1. The lowest BCUT2D eigenvalue weighted by Gasteiger charge is -2.08. The molecule has 1 aromatic rings. The van der Waals surface area contributed by atoms with Gasteiger partial charge in [0.05, 0.1) is 12.5 Å². The lowest BCUT2D eigenvalue weighted by Crippen LogP contribution is -2.27. The van der Waals surface area contributed by atoms with Gasteiger partial charge in [-0.1, -0.05) is 0 Å². The van der Waals surface area contributed by atoms with Crippen LogP contribution in [-0.2, 0) is 14.3 Å². The Labute approximate surface area is 128 Å². The topological polar surface area (TPSA) is 55.4 Å². The molecule has 0 radical (unpaired) electrons. The minimum atomic E-state index is -0.314. The second kappa shape index (κ2) is 9.39. The Balaban J connectivity index is 2.11. The van der Waals surface area contributed by atoms with Crippen molar-refractivity contribution in [2.75, 3.05) is 12.3 Å². The van der Waals surface area contributed by atoms with Gasteiger partial charge in [-0.05, 0) is 38.1 Å². The molecular weight excluding hydrogens is 293 g/mol. The zero-order chi connectivity index (χ0) is 15.7. The molecule has 4 nitrogen and oxygen atoms in total. The molecule has 1 N–H and O–H groups in total. The first kappa shape index (κ1) is 17.5. The number of ether oxygens (including phenoxy) is 1. The number of esters is 1. The van der Waals surface area contributed by atoms with Gasteiger partial charge in [0.2, 0.25) is 5.91 Å². The molecule has 0 saturated heterocycles. The van der Waals surface area contributed by atoms with Crippen LogP contribution in [0.2, 0.25) is 0 Å². The number of carbonyl (C=O) groups excluding carboxylic acids is 2. The molecule has 0 fully saturated rings. The van der Waals surface area contributed by atoms with Crippen molar-refractivity contribution >= 4 is 23.6 Å². The first-order chi connectivity index (χ1) is 9.97. The summed E-state index contributed by atoms with van der Waals surface area (Å²) in [5, 5.41) is 2.67. The normalized spacial score (nSPS) is 10.5. The highest BCUT2D eigenvalue weighted by molar-refractivity contribution is 7.99. The maximum atomic E-state index is 12.7. The van der Waals surface area contributed by atoms with Crippen LogP contribution in [0.1, 0.15) is 26.7 Å². The van der Waals surface area contributed by atoms with Gasteiger partial charge in [-0.3, -0.25) is 9.59 Å². The number of nitrogens with one attached hydrogen (secondary N) is 1. The van der Waals surface area contributed by atoms with Gasteiger partial charge in [0.25, 0.3) is 0 Å². The molecule has 0 spiro atoms. The lowest BCUT2D eigenvalue weighted by atomic mass is 10.3. The number of halogens is 1. The van der Waals surface area contributed by atoms with Crippen LogP contribution < -0.4 is 5.32 Å². The van der Waals surface area contributed by atoms with Gasteiger partial charge in [-0.2, -0.15) is 0 Å². The van der Waals surface area contributed by atoms with Gasteiger partial charge in [-0.25, -0.2) is 4.39 Å². The molecule has 0 atom stereocenters. The summed E-state index contributed by atoms with van der Waals surface area (Å²) in [6.07, 6.45) is 0.386. The van der Waals surface area contributed by atoms with E-state index in [1.54, 1.807) is 26.0 Å². The van der Waals surface area contributed by atoms with Crippen LogP contribution in [0.4, 0.5) is 4.39 Å². The molecule has 0 aromatic heterocycles. The maximum absolute atomic E-state index is 12.7. The first-order valence-corrected chi connectivity index (χ1v) is 7.80. The average Bonchev–Trinajstić information content (AvgIpc) is 2.40. The van der Waals surface area contributed by atoms with Gasteiger partial charge in [0.15, 0.2) is 0 Å². The van der Waals surface area contributed by atoms with Crippen molar-refractivity contribution < 1.29 is 18.7 Å². The standard InChI is InChI=1S/C15H20FNO3S/c1-11(2)20-15(19)7-9-17-14(18)8-10-21-13-5-3-12(16)4-6-13/h3-6,11H,7-10H2,1-2H3,(H,17,18). The molecule has 0 heterocycles. The summed E-state index contributed by atoms with van der Waals surface area (Å²) in [5.74, 6) is -0.0909. The van der Waals surface area contributed by atoms with E-state index in [4.69, 9.17) is 4.74 Å². The van der Waals surface area contributed by atoms with Gasteiger partial charge in [0.1, 0.15) is 5.82 Å². The van der Waals surface area contributed by atoms with E-state index in [9.17, 15) is 14.0 Å². The molecule has 0 aliphatic carbocycles. The number of hydrogen-bond acceptors (Lipinski definition) is 4. The number of hydrogen-bond donors (Lipinski definition) is 1. The van der Waals surface area contributed by atoms with Crippen molar-refractivity contribution in [3.8, 4) is 0 Å². The molecule has 1 rings (SSSR count). The van der Waals surface area contributed by atoms with E-state index in [0.29, 0.717) is 12.2 Å². The van der Waals surface area contributed by atoms with Crippen LogP contribution in [0, 0.1) is 5.82 Å². The molecule has 116 valence electrons. The summed E-state index contributed by atoms with van der Waals surface area (Å²) in [6, 6.07) is 6.14. The summed E-state index contributed by atoms with van der Waals surface area (Å²) in [7, 11) is 0. The molecule has 0 saturated carbocycles. The highest BCUT2D eigenvalue weighted by Crippen LogP contribution is 2.18. The quantitative estimate of drug-likeness (QED) is 0.592. The van der Waals surface area contributed by atoms with Crippen LogP contribution >= 0.6 is 11.8 Å². The number of benzene rings is 1. The van der Waals surface area contributed by atoms with E-state index in [1.165, 1.54) is 23.9 Å². The number of thioether (sulfide) groups is 1. The molecule has 0 unspecified atom stereocenters. The number of amides is 1. The van der Waals surface area contributed by atoms with Crippen LogP contribution in [-0.4, -0.2) is 30.3 Å². The van der Waals surface area contributed by atoms with Crippen LogP contribution in [0.25, 0.3) is 0 Å². The fourth-order valence-electron chi connectivity index (χ4n) is 1.51. The molecule has 0 aliphatic rings. The Kier molecular flexibility index (Phi) is 7.82. The van der Waals surface area contributed by atoms with E-state index in [1.807, 2.05) is 0 Å². The Hall–Kier alpha value is -1.56. The second-order valence-electron chi connectivity index (χ2n) is 4.69. The van der Waals surface area contributed by atoms with Gasteiger partial charge < -0.3 is 10.1 Å². The fourth-order valence-corrected chi connectivity index (χ4v) is 2.36. The molecule has 0 bridgehead atoms. The highest BCUT2D eigenvalue weighted by Gasteiger charge is 2.07. The molecule has 21 heavy (non-hydrogen) atoms. The van der Waals surface area contributed by atoms with Gasteiger partial charge >= 0.3 is 5.97 Å². The second-order valence-corrected chi connectivity index (χ2v) is 5.86. The summed E-state index contributed by atoms with van der Waals surface area (Å²) < 4.78 is 17.7. The third kappa shape index (κ3) is 8.34. The van der Waals surface area contributed by atoms with E-state index >= 15 is 0 Å². The van der Waals surface area contributed by atoms with E-state index in [2.05, 4.69) is 5.32 Å². The Morgan fingerprint density at radius 1 is 1.24 bits per heavy atom. The summed E-state index contributed by atoms with van der Waals surface area (Å²) in [5.41, 5.74) is 0. The zero-order valence-electron chi connectivity index (χ0n) is 12.2. The average molecular weight is 313 g/mol. The minimum Gasteiger partial charge on any atom is -0.463 e. The van der Waals surface area contributed by atoms with Crippen molar-refractivity contribution in [2.45, 2.75) is 37.7 Å².